The Hall–Kier alpha value is -3.29. The van der Waals surface area contributed by atoms with Gasteiger partial charge in [-0.3, -0.25) is 9.59 Å². The molecule has 0 spiro atoms. The molecule has 0 radical (unpaired) electrons. The standard InChI is InChI=1S/C35H52N2O10/c1-4-6-8-14-35(15-9-7-5-2)46-29-23-27(32(41)37-30(24(3)40)33(42)36-16-17-38)22-28(31(29)47-35)45-34(43)26-12-10-11-25(21-26)13-19-44-20-18-39/h10-13,19,21,23-24,28-31,38-40H,4-9,14-18,20,22H2,1-3H3,(H,36,42)(H,37,41). The maximum absolute atomic E-state index is 13.6. The maximum Gasteiger partial charge on any atom is 0.338 e. The maximum atomic E-state index is 13.6. The number of hydrogen-bond acceptors (Lipinski definition) is 10. The first-order valence-electron chi connectivity index (χ1n) is 16.8. The van der Waals surface area contributed by atoms with Crippen molar-refractivity contribution in [3.63, 3.8) is 0 Å². The van der Waals surface area contributed by atoms with E-state index in [4.69, 9.17) is 29.2 Å². The van der Waals surface area contributed by atoms with Gasteiger partial charge in [-0.25, -0.2) is 4.79 Å². The van der Waals surface area contributed by atoms with Crippen molar-refractivity contribution in [2.45, 2.75) is 115 Å². The van der Waals surface area contributed by atoms with Gasteiger partial charge in [0.15, 0.2) is 5.79 Å². The number of unbranched alkanes of at least 4 members (excludes halogenated alkanes) is 4. The lowest BCUT2D eigenvalue weighted by molar-refractivity contribution is -0.190. The van der Waals surface area contributed by atoms with Gasteiger partial charge in [-0.15, -0.1) is 0 Å². The van der Waals surface area contributed by atoms with E-state index in [2.05, 4.69) is 24.5 Å². The third kappa shape index (κ3) is 11.4. The van der Waals surface area contributed by atoms with Gasteiger partial charge >= 0.3 is 5.97 Å². The Morgan fingerprint density at radius 1 is 1.06 bits per heavy atom. The molecule has 1 saturated heterocycles. The number of aliphatic hydroxyl groups excluding tert-OH is 3. The van der Waals surface area contributed by atoms with Crippen LogP contribution in [0.1, 0.15) is 94.5 Å². The molecule has 12 heteroatoms. The molecule has 0 bridgehead atoms. The number of benzene rings is 1. The van der Waals surface area contributed by atoms with Crippen LogP contribution in [-0.2, 0) is 28.5 Å². The lowest BCUT2D eigenvalue weighted by Crippen LogP contribution is -2.54. The monoisotopic (exact) mass is 660 g/mol. The largest absolute Gasteiger partial charge is 0.499 e. The first-order valence-corrected chi connectivity index (χ1v) is 16.8. The summed E-state index contributed by atoms with van der Waals surface area (Å²) in [5.41, 5.74) is 1.22. The van der Waals surface area contributed by atoms with E-state index >= 15 is 0 Å². The third-order valence-corrected chi connectivity index (χ3v) is 8.20. The fraction of sp³-hybridized carbons (Fsp3) is 0.629. The summed E-state index contributed by atoms with van der Waals surface area (Å²) in [6.45, 7) is 5.35. The average Bonchev–Trinajstić information content (AvgIpc) is 3.43. The summed E-state index contributed by atoms with van der Waals surface area (Å²) in [6, 6.07) is 5.51. The van der Waals surface area contributed by atoms with Crippen molar-refractivity contribution in [1.29, 1.82) is 0 Å². The molecule has 2 aliphatic rings. The Bertz CT molecular complexity index is 1210. The number of rotatable bonds is 20. The van der Waals surface area contributed by atoms with Gasteiger partial charge in [-0.05, 0) is 49.6 Å². The third-order valence-electron chi connectivity index (χ3n) is 8.20. The number of ether oxygens (including phenoxy) is 4. The highest BCUT2D eigenvalue weighted by Crippen LogP contribution is 2.43. The minimum absolute atomic E-state index is 0.00147. The highest BCUT2D eigenvalue weighted by Gasteiger charge is 2.52. The Morgan fingerprint density at radius 3 is 2.43 bits per heavy atom. The Labute approximate surface area is 277 Å². The molecule has 5 atom stereocenters. The van der Waals surface area contributed by atoms with E-state index in [1.807, 2.05) is 0 Å². The average molecular weight is 661 g/mol. The zero-order valence-corrected chi connectivity index (χ0v) is 27.8. The topological polar surface area (TPSA) is 173 Å². The van der Waals surface area contributed by atoms with Crippen LogP contribution in [0.25, 0.3) is 6.08 Å². The second-order valence-electron chi connectivity index (χ2n) is 12.1. The van der Waals surface area contributed by atoms with Gasteiger partial charge in [0.1, 0.15) is 31.0 Å². The van der Waals surface area contributed by atoms with Crippen LogP contribution >= 0.6 is 0 Å². The van der Waals surface area contributed by atoms with Gasteiger partial charge in [-0.1, -0.05) is 51.7 Å². The molecule has 1 aromatic carbocycles. The highest BCUT2D eigenvalue weighted by atomic mass is 16.8. The Balaban J connectivity index is 1.89. The molecular formula is C35H52N2O10. The van der Waals surface area contributed by atoms with Gasteiger partial charge < -0.3 is 44.9 Å². The van der Waals surface area contributed by atoms with Crippen LogP contribution < -0.4 is 10.6 Å². The van der Waals surface area contributed by atoms with Gasteiger partial charge in [0, 0.05) is 31.4 Å². The van der Waals surface area contributed by atoms with Gasteiger partial charge in [0.25, 0.3) is 0 Å². The predicted octanol–water partition coefficient (Wildman–Crippen LogP) is 3.14. The van der Waals surface area contributed by atoms with E-state index in [1.165, 1.54) is 13.2 Å². The van der Waals surface area contributed by atoms with Gasteiger partial charge in [0.05, 0.1) is 31.1 Å². The van der Waals surface area contributed by atoms with Crippen molar-refractivity contribution in [3.05, 3.63) is 53.3 Å². The zero-order chi connectivity index (χ0) is 34.2. The van der Waals surface area contributed by atoms with Gasteiger partial charge in [-0.2, -0.15) is 0 Å². The molecule has 1 aliphatic heterocycles. The molecule has 0 saturated carbocycles. The number of esters is 1. The van der Waals surface area contributed by atoms with Crippen LogP contribution in [0, 0.1) is 0 Å². The molecule has 2 amide bonds. The first-order chi connectivity index (χ1) is 22.7. The molecule has 1 heterocycles. The second-order valence-corrected chi connectivity index (χ2v) is 12.1. The Morgan fingerprint density at radius 2 is 1.79 bits per heavy atom. The Kier molecular flexibility index (Phi) is 15.8. The minimum atomic E-state index is -1.27. The quantitative estimate of drug-likeness (QED) is 0.0795. The van der Waals surface area contributed by atoms with E-state index in [-0.39, 0.29) is 43.9 Å². The second kappa shape index (κ2) is 19.5. The highest BCUT2D eigenvalue weighted by molar-refractivity contribution is 5.97. The molecule has 47 heavy (non-hydrogen) atoms. The number of amides is 2. The van der Waals surface area contributed by atoms with Crippen molar-refractivity contribution in [1.82, 2.24) is 10.6 Å². The fourth-order valence-electron chi connectivity index (χ4n) is 5.75. The lowest BCUT2D eigenvalue weighted by Gasteiger charge is -2.31. The first kappa shape index (κ1) is 38.2. The molecule has 0 aromatic heterocycles. The van der Waals surface area contributed by atoms with Gasteiger partial charge in [0.2, 0.25) is 11.8 Å². The molecule has 1 fully saturated rings. The minimum Gasteiger partial charge on any atom is -0.499 e. The number of carbonyl (C=O) groups excluding carboxylic acids is 3. The molecule has 1 aliphatic carbocycles. The van der Waals surface area contributed by atoms with Crippen LogP contribution in [0.15, 0.2) is 42.2 Å². The van der Waals surface area contributed by atoms with E-state index in [0.717, 1.165) is 38.5 Å². The summed E-state index contributed by atoms with van der Waals surface area (Å²) in [6.07, 6.45) is 8.53. The van der Waals surface area contributed by atoms with Crippen molar-refractivity contribution >= 4 is 23.9 Å². The molecule has 3 rings (SSSR count). The van der Waals surface area contributed by atoms with Crippen LogP contribution in [0.4, 0.5) is 0 Å². The van der Waals surface area contributed by atoms with E-state index in [9.17, 15) is 19.5 Å². The van der Waals surface area contributed by atoms with Crippen molar-refractivity contribution in [2.75, 3.05) is 26.4 Å². The summed E-state index contributed by atoms with van der Waals surface area (Å²) in [5, 5.41) is 33.3. The van der Waals surface area contributed by atoms with Crippen molar-refractivity contribution in [3.8, 4) is 0 Å². The number of aliphatic hydroxyl groups is 3. The number of nitrogens with one attached hydrogen (secondary N) is 2. The van der Waals surface area contributed by atoms with Crippen molar-refractivity contribution < 1.29 is 48.7 Å². The van der Waals surface area contributed by atoms with Crippen LogP contribution in [0.2, 0.25) is 0 Å². The van der Waals surface area contributed by atoms with Crippen LogP contribution in [-0.4, -0.2) is 95.7 Å². The van der Waals surface area contributed by atoms with E-state index in [1.54, 1.807) is 36.4 Å². The smallest absolute Gasteiger partial charge is 0.338 e. The van der Waals surface area contributed by atoms with Crippen LogP contribution in [0.3, 0.4) is 0 Å². The molecular weight excluding hydrogens is 608 g/mol. The molecule has 5 unspecified atom stereocenters. The number of carbonyl (C=O) groups is 3. The van der Waals surface area contributed by atoms with Crippen molar-refractivity contribution in [2.24, 2.45) is 0 Å². The predicted molar refractivity (Wildman–Crippen MR) is 175 cm³/mol. The summed E-state index contributed by atoms with van der Waals surface area (Å²) < 4.78 is 24.5. The van der Waals surface area contributed by atoms with E-state index < -0.39 is 54.0 Å². The summed E-state index contributed by atoms with van der Waals surface area (Å²) >= 11 is 0. The molecule has 12 nitrogen and oxygen atoms in total. The number of hydrogen-bond donors (Lipinski definition) is 5. The molecule has 262 valence electrons. The fourth-order valence-corrected chi connectivity index (χ4v) is 5.75. The summed E-state index contributed by atoms with van der Waals surface area (Å²) in [5.74, 6) is -2.74. The summed E-state index contributed by atoms with van der Waals surface area (Å²) in [4.78, 5) is 39.7. The van der Waals surface area contributed by atoms with E-state index in [0.29, 0.717) is 18.4 Å². The zero-order valence-electron chi connectivity index (χ0n) is 27.8. The molecule has 5 N–H and O–H groups in total. The lowest BCUT2D eigenvalue weighted by atomic mass is 9.91. The normalized spacial score (nSPS) is 21.4. The van der Waals surface area contributed by atoms with Crippen LogP contribution in [0.5, 0.6) is 0 Å². The summed E-state index contributed by atoms with van der Waals surface area (Å²) in [7, 11) is 0. The SMILES string of the molecule is CCCCCC1(CCCCC)OC2C=C(C(=O)NC(C(=O)NCCO)C(C)O)CC(OC(=O)c3cccc(C=COCCO)c3)C2O1. The molecule has 1 aromatic rings. The number of fused-ring (bicyclic) bond motifs is 1.